The number of benzene rings is 2. The van der Waals surface area contributed by atoms with Crippen LogP contribution in [-0.4, -0.2) is 28.5 Å². The third-order valence-corrected chi connectivity index (χ3v) is 5.37. The molecule has 4 aromatic rings. The topological polar surface area (TPSA) is 102 Å². The fourth-order valence-corrected chi connectivity index (χ4v) is 3.69. The molecule has 2 aromatic carbocycles. The Morgan fingerprint density at radius 2 is 1.82 bits per heavy atom. The van der Waals surface area contributed by atoms with Crippen LogP contribution in [0.1, 0.15) is 22.8 Å². The molecule has 2 amide bonds. The number of ether oxygens (including phenoxy) is 1. The lowest BCUT2D eigenvalue weighted by Gasteiger charge is -2.14. The summed E-state index contributed by atoms with van der Waals surface area (Å²) < 4.78 is 6.78. The van der Waals surface area contributed by atoms with E-state index in [1.165, 1.54) is 24.7 Å². The molecule has 8 nitrogen and oxygen atoms in total. The Bertz CT molecular complexity index is 1450. The highest BCUT2D eigenvalue weighted by atomic mass is 35.5. The molecule has 2 aromatic heterocycles. The highest BCUT2D eigenvalue weighted by Crippen LogP contribution is 2.28. The molecule has 0 aliphatic carbocycles. The van der Waals surface area contributed by atoms with Crippen molar-refractivity contribution in [2.24, 2.45) is 0 Å². The fraction of sp³-hybridized carbons (Fsp3) is 0.120. The van der Waals surface area contributed by atoms with E-state index >= 15 is 0 Å². The molecule has 0 saturated heterocycles. The third-order valence-electron chi connectivity index (χ3n) is 5.11. The van der Waals surface area contributed by atoms with Gasteiger partial charge >= 0.3 is 0 Å². The Kier molecular flexibility index (Phi) is 6.60. The summed E-state index contributed by atoms with van der Waals surface area (Å²) in [5.41, 5.74) is 1.54. The average molecular weight is 477 g/mol. The number of aromatic nitrogens is 2. The Balaban J connectivity index is 1.75. The van der Waals surface area contributed by atoms with E-state index in [4.69, 9.17) is 16.3 Å². The van der Waals surface area contributed by atoms with Crippen molar-refractivity contribution in [1.29, 1.82) is 0 Å². The SMILES string of the molecule is COc1ccc(NC(C)=O)cc1NC(=O)c1cc2cccnc2n(Cc2ccc(Cl)cc2)c1=O. The second kappa shape index (κ2) is 9.76. The number of rotatable bonds is 6. The number of methoxy groups -OCH3 is 1. The Hall–Kier alpha value is -4.17. The lowest BCUT2D eigenvalue weighted by molar-refractivity contribution is -0.114. The minimum atomic E-state index is -0.612. The van der Waals surface area contributed by atoms with Crippen LogP contribution in [0.2, 0.25) is 5.02 Å². The zero-order valence-corrected chi connectivity index (χ0v) is 19.2. The van der Waals surface area contributed by atoms with E-state index < -0.39 is 11.5 Å². The molecule has 4 rings (SSSR count). The van der Waals surface area contributed by atoms with Crippen LogP contribution < -0.4 is 20.9 Å². The molecular weight excluding hydrogens is 456 g/mol. The molecule has 0 bridgehead atoms. The first-order valence-electron chi connectivity index (χ1n) is 10.4. The molecule has 0 aliphatic heterocycles. The number of halogens is 1. The summed E-state index contributed by atoms with van der Waals surface area (Å²) in [5, 5.41) is 6.61. The first kappa shape index (κ1) is 23.0. The van der Waals surface area contributed by atoms with Gasteiger partial charge in [0, 0.05) is 29.2 Å². The normalized spacial score (nSPS) is 10.7. The van der Waals surface area contributed by atoms with Crippen molar-refractivity contribution in [3.05, 3.63) is 93.4 Å². The van der Waals surface area contributed by atoms with Gasteiger partial charge in [0.25, 0.3) is 11.5 Å². The number of nitrogens with zero attached hydrogens (tertiary/aromatic N) is 2. The first-order valence-corrected chi connectivity index (χ1v) is 10.7. The van der Waals surface area contributed by atoms with Crippen molar-refractivity contribution in [1.82, 2.24) is 9.55 Å². The van der Waals surface area contributed by atoms with E-state index in [2.05, 4.69) is 15.6 Å². The molecule has 2 heterocycles. The van der Waals surface area contributed by atoms with Gasteiger partial charge in [-0.05, 0) is 54.1 Å². The van der Waals surface area contributed by atoms with Gasteiger partial charge in [-0.3, -0.25) is 19.0 Å². The fourth-order valence-electron chi connectivity index (χ4n) is 3.56. The summed E-state index contributed by atoms with van der Waals surface area (Å²) in [6.07, 6.45) is 1.60. The Morgan fingerprint density at radius 3 is 2.53 bits per heavy atom. The van der Waals surface area contributed by atoms with Crippen molar-refractivity contribution in [3.8, 4) is 5.75 Å². The molecule has 0 aliphatic rings. The molecule has 0 atom stereocenters. The van der Waals surface area contributed by atoms with Crippen molar-refractivity contribution in [2.75, 3.05) is 17.7 Å². The molecule has 34 heavy (non-hydrogen) atoms. The minimum Gasteiger partial charge on any atom is -0.495 e. The van der Waals surface area contributed by atoms with E-state index in [1.807, 2.05) is 12.1 Å². The lowest BCUT2D eigenvalue weighted by atomic mass is 10.1. The highest BCUT2D eigenvalue weighted by molar-refractivity contribution is 6.30. The van der Waals surface area contributed by atoms with Gasteiger partial charge in [-0.15, -0.1) is 0 Å². The van der Waals surface area contributed by atoms with Gasteiger partial charge in [0.1, 0.15) is 17.0 Å². The van der Waals surface area contributed by atoms with Crippen LogP contribution in [0.25, 0.3) is 11.0 Å². The number of carbonyl (C=O) groups is 2. The van der Waals surface area contributed by atoms with Gasteiger partial charge in [-0.2, -0.15) is 0 Å². The van der Waals surface area contributed by atoms with Gasteiger partial charge in [-0.1, -0.05) is 23.7 Å². The van der Waals surface area contributed by atoms with Gasteiger partial charge in [0.2, 0.25) is 5.91 Å². The number of hydrogen-bond acceptors (Lipinski definition) is 5. The van der Waals surface area contributed by atoms with Gasteiger partial charge in [0.15, 0.2) is 0 Å². The summed E-state index contributed by atoms with van der Waals surface area (Å²) in [5.74, 6) is -0.486. The van der Waals surface area contributed by atoms with E-state index in [1.54, 1.807) is 48.7 Å². The predicted octanol–water partition coefficient (Wildman–Crippen LogP) is 4.32. The lowest BCUT2D eigenvalue weighted by Crippen LogP contribution is -2.30. The molecule has 0 radical (unpaired) electrons. The van der Waals surface area contributed by atoms with Crippen LogP contribution in [0.3, 0.4) is 0 Å². The van der Waals surface area contributed by atoms with Crippen LogP contribution in [0.15, 0.2) is 71.7 Å². The van der Waals surface area contributed by atoms with E-state index in [0.717, 1.165) is 5.56 Å². The summed E-state index contributed by atoms with van der Waals surface area (Å²) in [4.78, 5) is 42.4. The molecule has 172 valence electrons. The third kappa shape index (κ3) is 4.92. The van der Waals surface area contributed by atoms with Crippen molar-refractivity contribution >= 4 is 45.8 Å². The standard InChI is InChI=1S/C25H21ClN4O4/c1-15(31)28-19-9-10-22(34-2)21(13-19)29-24(32)20-12-17-4-3-11-27-23(17)30(25(20)33)14-16-5-7-18(26)8-6-16/h3-13H,14H2,1-2H3,(H,28,31)(H,29,32). The number of pyridine rings is 2. The van der Waals surface area contributed by atoms with Crippen molar-refractivity contribution < 1.29 is 14.3 Å². The van der Waals surface area contributed by atoms with Gasteiger partial charge in [0.05, 0.1) is 19.3 Å². The maximum atomic E-state index is 13.4. The quantitative estimate of drug-likeness (QED) is 0.431. The van der Waals surface area contributed by atoms with Crippen LogP contribution in [0, 0.1) is 0 Å². The van der Waals surface area contributed by atoms with Crippen LogP contribution >= 0.6 is 11.6 Å². The molecule has 0 spiro atoms. The van der Waals surface area contributed by atoms with Crippen molar-refractivity contribution in [3.63, 3.8) is 0 Å². The number of amides is 2. The zero-order valence-electron chi connectivity index (χ0n) is 18.5. The summed E-state index contributed by atoms with van der Waals surface area (Å²) in [6.45, 7) is 1.60. The Morgan fingerprint density at radius 1 is 1.06 bits per heavy atom. The predicted molar refractivity (Wildman–Crippen MR) is 132 cm³/mol. The summed E-state index contributed by atoms with van der Waals surface area (Å²) in [6, 6.07) is 17.0. The summed E-state index contributed by atoms with van der Waals surface area (Å²) >= 11 is 5.98. The maximum Gasteiger partial charge on any atom is 0.265 e. The number of nitrogens with one attached hydrogen (secondary N) is 2. The monoisotopic (exact) mass is 476 g/mol. The van der Waals surface area contributed by atoms with Gasteiger partial charge in [-0.25, -0.2) is 4.98 Å². The first-order chi connectivity index (χ1) is 16.4. The molecular formula is C25H21ClN4O4. The van der Waals surface area contributed by atoms with Crippen LogP contribution in [-0.2, 0) is 11.3 Å². The number of carbonyl (C=O) groups excluding carboxylic acids is 2. The van der Waals surface area contributed by atoms with E-state index in [0.29, 0.717) is 33.2 Å². The Labute approximate surface area is 200 Å². The average Bonchev–Trinajstić information content (AvgIpc) is 2.81. The molecule has 0 unspecified atom stereocenters. The second-order valence-corrected chi connectivity index (χ2v) is 7.98. The molecule has 0 saturated carbocycles. The van der Waals surface area contributed by atoms with Crippen LogP contribution in [0.4, 0.5) is 11.4 Å². The number of hydrogen-bond donors (Lipinski definition) is 2. The van der Waals surface area contributed by atoms with Gasteiger partial charge < -0.3 is 15.4 Å². The van der Waals surface area contributed by atoms with Crippen molar-refractivity contribution in [2.45, 2.75) is 13.5 Å². The molecule has 0 fully saturated rings. The zero-order chi connectivity index (χ0) is 24.2. The minimum absolute atomic E-state index is 0.0542. The largest absolute Gasteiger partial charge is 0.495 e. The highest BCUT2D eigenvalue weighted by Gasteiger charge is 2.18. The number of fused-ring (bicyclic) bond motifs is 1. The molecule has 9 heteroatoms. The van der Waals surface area contributed by atoms with Crippen LogP contribution in [0.5, 0.6) is 5.75 Å². The van der Waals surface area contributed by atoms with E-state index in [-0.39, 0.29) is 18.0 Å². The number of anilines is 2. The maximum absolute atomic E-state index is 13.4. The summed E-state index contributed by atoms with van der Waals surface area (Å²) in [7, 11) is 1.46. The molecule has 2 N–H and O–H groups in total. The second-order valence-electron chi connectivity index (χ2n) is 7.54. The van der Waals surface area contributed by atoms with E-state index in [9.17, 15) is 14.4 Å². The smallest absolute Gasteiger partial charge is 0.265 e.